The molecule has 1 aromatic rings. The van der Waals surface area contributed by atoms with Gasteiger partial charge in [-0.25, -0.2) is 0 Å². The van der Waals surface area contributed by atoms with E-state index in [-0.39, 0.29) is 18.1 Å². The van der Waals surface area contributed by atoms with Crippen molar-refractivity contribution in [3.8, 4) is 0 Å². The highest BCUT2D eigenvalue weighted by Crippen LogP contribution is 2.22. The van der Waals surface area contributed by atoms with Crippen LogP contribution in [0, 0.1) is 6.92 Å². The lowest BCUT2D eigenvalue weighted by Crippen LogP contribution is -2.15. The molecule has 1 N–H and O–H groups in total. The third-order valence-corrected chi connectivity index (χ3v) is 2.36. The van der Waals surface area contributed by atoms with E-state index < -0.39 is 0 Å². The number of Topliss-reactive ketones (excluding diaryl/α,β-unsaturated/α-hetero) is 1. The Balaban J connectivity index is 2.77. The SMILES string of the molecule is CC(=O)CC(=O)Nc1cccc(Cl)c1C. The number of anilines is 1. The zero-order chi connectivity index (χ0) is 11.4. The number of hydrogen-bond acceptors (Lipinski definition) is 2. The summed E-state index contributed by atoms with van der Waals surface area (Å²) in [7, 11) is 0. The summed E-state index contributed by atoms with van der Waals surface area (Å²) in [5.74, 6) is -0.472. The summed E-state index contributed by atoms with van der Waals surface area (Å²) in [5.41, 5.74) is 1.45. The van der Waals surface area contributed by atoms with Crippen LogP contribution in [0.5, 0.6) is 0 Å². The minimum absolute atomic E-state index is 0.105. The fraction of sp³-hybridized carbons (Fsp3) is 0.273. The van der Waals surface area contributed by atoms with Crippen molar-refractivity contribution < 1.29 is 9.59 Å². The van der Waals surface area contributed by atoms with Gasteiger partial charge in [0.25, 0.3) is 0 Å². The number of carbonyl (C=O) groups excluding carboxylic acids is 2. The fourth-order valence-electron chi connectivity index (χ4n) is 1.16. The van der Waals surface area contributed by atoms with E-state index in [1.54, 1.807) is 18.2 Å². The Labute approximate surface area is 93.4 Å². The molecule has 1 rings (SSSR count). The summed E-state index contributed by atoms with van der Waals surface area (Å²) >= 11 is 5.88. The maximum absolute atomic E-state index is 11.3. The highest BCUT2D eigenvalue weighted by atomic mass is 35.5. The van der Waals surface area contributed by atoms with E-state index in [2.05, 4.69) is 5.32 Å². The molecule has 80 valence electrons. The van der Waals surface area contributed by atoms with Crippen molar-refractivity contribution in [3.63, 3.8) is 0 Å². The highest BCUT2D eigenvalue weighted by Gasteiger charge is 2.08. The lowest BCUT2D eigenvalue weighted by Gasteiger charge is -2.08. The smallest absolute Gasteiger partial charge is 0.231 e. The Morgan fingerprint density at radius 2 is 2.07 bits per heavy atom. The average Bonchev–Trinajstić information content (AvgIpc) is 2.11. The number of benzene rings is 1. The van der Waals surface area contributed by atoms with Gasteiger partial charge in [0.15, 0.2) is 0 Å². The Hall–Kier alpha value is -1.35. The molecule has 0 atom stereocenters. The number of nitrogens with one attached hydrogen (secondary N) is 1. The highest BCUT2D eigenvalue weighted by molar-refractivity contribution is 6.31. The van der Waals surface area contributed by atoms with Gasteiger partial charge >= 0.3 is 0 Å². The monoisotopic (exact) mass is 225 g/mol. The third-order valence-electron chi connectivity index (χ3n) is 1.95. The zero-order valence-electron chi connectivity index (χ0n) is 8.63. The van der Waals surface area contributed by atoms with Crippen molar-refractivity contribution >= 4 is 29.0 Å². The van der Waals surface area contributed by atoms with Crippen LogP contribution in [0.3, 0.4) is 0 Å². The summed E-state index contributed by atoms with van der Waals surface area (Å²) in [6.07, 6.45) is -0.105. The molecule has 3 nitrogen and oxygen atoms in total. The summed E-state index contributed by atoms with van der Waals surface area (Å²) in [6, 6.07) is 5.25. The van der Waals surface area contributed by atoms with Crippen LogP contribution in [0.1, 0.15) is 18.9 Å². The van der Waals surface area contributed by atoms with E-state index >= 15 is 0 Å². The van der Waals surface area contributed by atoms with Crippen molar-refractivity contribution in [1.29, 1.82) is 0 Å². The van der Waals surface area contributed by atoms with Crippen molar-refractivity contribution in [2.45, 2.75) is 20.3 Å². The molecular weight excluding hydrogens is 214 g/mol. The maximum Gasteiger partial charge on any atom is 0.231 e. The molecule has 4 heteroatoms. The van der Waals surface area contributed by atoms with Gasteiger partial charge < -0.3 is 5.32 Å². The maximum atomic E-state index is 11.3. The van der Waals surface area contributed by atoms with Crippen LogP contribution in [-0.2, 0) is 9.59 Å². The number of amides is 1. The molecule has 0 saturated carbocycles. The second kappa shape index (κ2) is 4.94. The predicted octanol–water partition coefficient (Wildman–Crippen LogP) is 2.57. The lowest BCUT2D eigenvalue weighted by atomic mass is 10.2. The zero-order valence-corrected chi connectivity index (χ0v) is 9.39. The fourth-order valence-corrected chi connectivity index (χ4v) is 1.34. The van der Waals surface area contributed by atoms with Gasteiger partial charge in [0, 0.05) is 10.7 Å². The Bertz CT molecular complexity index is 402. The Kier molecular flexibility index (Phi) is 3.86. The first-order chi connectivity index (χ1) is 7.00. The summed E-state index contributed by atoms with van der Waals surface area (Å²) in [4.78, 5) is 22.0. The normalized spacial score (nSPS) is 9.80. The van der Waals surface area contributed by atoms with E-state index in [0.717, 1.165) is 5.56 Å². The number of ketones is 1. The van der Waals surface area contributed by atoms with Crippen LogP contribution in [0.4, 0.5) is 5.69 Å². The van der Waals surface area contributed by atoms with Crippen molar-refractivity contribution in [2.75, 3.05) is 5.32 Å². The third kappa shape index (κ3) is 3.36. The van der Waals surface area contributed by atoms with Crippen LogP contribution in [-0.4, -0.2) is 11.7 Å². The molecule has 1 aromatic carbocycles. The molecule has 0 spiro atoms. The molecule has 1 amide bonds. The molecule has 0 saturated heterocycles. The van der Waals surface area contributed by atoms with Gasteiger partial charge in [-0.1, -0.05) is 17.7 Å². The van der Waals surface area contributed by atoms with Gasteiger partial charge in [0.05, 0.1) is 6.42 Å². The number of hydrogen-bond donors (Lipinski definition) is 1. The molecule has 0 bridgehead atoms. The quantitative estimate of drug-likeness (QED) is 0.804. The van der Waals surface area contributed by atoms with Gasteiger partial charge in [-0.15, -0.1) is 0 Å². The summed E-state index contributed by atoms with van der Waals surface area (Å²) in [5, 5.41) is 3.23. The van der Waals surface area contributed by atoms with E-state index in [1.807, 2.05) is 6.92 Å². The van der Waals surface area contributed by atoms with E-state index in [9.17, 15) is 9.59 Å². The van der Waals surface area contributed by atoms with Gasteiger partial charge in [-0.2, -0.15) is 0 Å². The minimum Gasteiger partial charge on any atom is -0.325 e. The first kappa shape index (κ1) is 11.7. The first-order valence-corrected chi connectivity index (χ1v) is 4.93. The molecule has 0 aliphatic carbocycles. The van der Waals surface area contributed by atoms with Crippen LogP contribution in [0.25, 0.3) is 0 Å². The van der Waals surface area contributed by atoms with Crippen LogP contribution >= 0.6 is 11.6 Å². The number of rotatable bonds is 3. The second-order valence-corrected chi connectivity index (χ2v) is 3.75. The number of carbonyl (C=O) groups is 2. The van der Waals surface area contributed by atoms with Gasteiger partial charge in [-0.05, 0) is 31.5 Å². The van der Waals surface area contributed by atoms with E-state index in [0.29, 0.717) is 10.7 Å². The molecule has 0 fully saturated rings. The Morgan fingerprint density at radius 3 is 2.67 bits per heavy atom. The van der Waals surface area contributed by atoms with Crippen LogP contribution < -0.4 is 5.32 Å². The van der Waals surface area contributed by atoms with Crippen LogP contribution in [0.2, 0.25) is 5.02 Å². The predicted molar refractivity (Wildman–Crippen MR) is 60.1 cm³/mol. The van der Waals surface area contributed by atoms with E-state index in [1.165, 1.54) is 6.92 Å². The molecule has 0 aromatic heterocycles. The standard InChI is InChI=1S/C11H12ClNO2/c1-7(14)6-11(15)13-10-5-3-4-9(12)8(10)2/h3-5H,6H2,1-2H3,(H,13,15). The number of halogens is 1. The van der Waals surface area contributed by atoms with Crippen molar-refractivity contribution in [3.05, 3.63) is 28.8 Å². The largest absolute Gasteiger partial charge is 0.325 e. The van der Waals surface area contributed by atoms with E-state index in [4.69, 9.17) is 11.6 Å². The molecule has 0 radical (unpaired) electrons. The molecule has 0 aliphatic rings. The Morgan fingerprint density at radius 1 is 1.40 bits per heavy atom. The molecular formula is C11H12ClNO2. The minimum atomic E-state index is -0.312. The first-order valence-electron chi connectivity index (χ1n) is 4.55. The van der Waals surface area contributed by atoms with Gasteiger partial charge in [0.1, 0.15) is 5.78 Å². The van der Waals surface area contributed by atoms with Gasteiger partial charge in [0.2, 0.25) is 5.91 Å². The molecule has 0 aliphatic heterocycles. The topological polar surface area (TPSA) is 46.2 Å². The van der Waals surface area contributed by atoms with Crippen LogP contribution in [0.15, 0.2) is 18.2 Å². The average molecular weight is 226 g/mol. The molecule has 0 heterocycles. The second-order valence-electron chi connectivity index (χ2n) is 3.34. The van der Waals surface area contributed by atoms with Gasteiger partial charge in [-0.3, -0.25) is 9.59 Å². The molecule has 0 unspecified atom stereocenters. The molecule has 15 heavy (non-hydrogen) atoms. The summed E-state index contributed by atoms with van der Waals surface area (Å²) in [6.45, 7) is 3.19. The summed E-state index contributed by atoms with van der Waals surface area (Å²) < 4.78 is 0. The van der Waals surface area contributed by atoms with Crippen molar-refractivity contribution in [2.24, 2.45) is 0 Å². The van der Waals surface area contributed by atoms with Crippen molar-refractivity contribution in [1.82, 2.24) is 0 Å². The lowest BCUT2D eigenvalue weighted by molar-refractivity contribution is -0.124.